The predicted octanol–water partition coefficient (Wildman–Crippen LogP) is 3.56. The summed E-state index contributed by atoms with van der Waals surface area (Å²) in [5.41, 5.74) is 3.65. The van der Waals surface area contributed by atoms with Crippen LogP contribution in [0.5, 0.6) is 0 Å². The second-order valence-corrected chi connectivity index (χ2v) is 7.24. The molecule has 0 aliphatic heterocycles. The number of hydrogen-bond donors (Lipinski definition) is 0. The van der Waals surface area contributed by atoms with Gasteiger partial charge in [0.25, 0.3) is 0 Å². The topological polar surface area (TPSA) is 9.23 Å². The minimum atomic E-state index is -0.234. The zero-order chi connectivity index (χ0) is 14.4. The Kier molecular flexibility index (Phi) is 3.86. The van der Waals surface area contributed by atoms with Crippen LogP contribution >= 0.6 is 0 Å². The normalized spacial score (nSPS) is 28.0. The van der Waals surface area contributed by atoms with E-state index in [1.54, 1.807) is 0 Å². The van der Waals surface area contributed by atoms with E-state index in [4.69, 9.17) is 4.43 Å². The molecule has 0 saturated heterocycles. The molecule has 1 nitrogen and oxygen atoms in total. The predicted molar refractivity (Wildman–Crippen MR) is 83.6 cm³/mol. The van der Waals surface area contributed by atoms with Crippen LogP contribution in [0, 0.1) is 10.8 Å². The third-order valence-electron chi connectivity index (χ3n) is 4.69. The Bertz CT molecular complexity index is 409. The fraction of sp³-hybridized carbons (Fsp3) is 0.625. The van der Waals surface area contributed by atoms with Gasteiger partial charge in [0.05, 0.1) is 5.60 Å². The summed E-state index contributed by atoms with van der Waals surface area (Å²) in [6.45, 7) is 21.7. The van der Waals surface area contributed by atoms with Crippen LogP contribution in [-0.4, -0.2) is 16.1 Å². The Morgan fingerprint density at radius 3 is 2.11 bits per heavy atom. The highest BCUT2D eigenvalue weighted by molar-refractivity contribution is 5.98. The fourth-order valence-electron chi connectivity index (χ4n) is 4.13. The van der Waals surface area contributed by atoms with Gasteiger partial charge in [0, 0.05) is 5.41 Å². The minimum Gasteiger partial charge on any atom is -0.417 e. The lowest BCUT2D eigenvalue weighted by atomic mass is 9.60. The largest absolute Gasteiger partial charge is 0.417 e. The van der Waals surface area contributed by atoms with Crippen LogP contribution in [0.1, 0.15) is 48.0 Å². The molecule has 1 aliphatic rings. The van der Waals surface area contributed by atoms with E-state index < -0.39 is 0 Å². The lowest BCUT2D eigenvalue weighted by molar-refractivity contribution is -0.0616. The van der Waals surface area contributed by atoms with Crippen molar-refractivity contribution in [1.82, 2.24) is 0 Å². The van der Waals surface area contributed by atoms with Crippen molar-refractivity contribution < 1.29 is 4.43 Å². The van der Waals surface area contributed by atoms with Gasteiger partial charge < -0.3 is 4.43 Å². The third kappa shape index (κ3) is 1.69. The lowest BCUT2D eigenvalue weighted by Gasteiger charge is -2.52. The van der Waals surface area contributed by atoms with Crippen LogP contribution in [0.15, 0.2) is 36.0 Å². The summed E-state index contributed by atoms with van der Waals surface area (Å²) >= 11 is 0. The van der Waals surface area contributed by atoms with Crippen molar-refractivity contribution in [3.63, 3.8) is 0 Å². The van der Waals surface area contributed by atoms with Crippen molar-refractivity contribution in [2.24, 2.45) is 10.8 Å². The van der Waals surface area contributed by atoms with Crippen molar-refractivity contribution in [2.75, 3.05) is 0 Å². The van der Waals surface area contributed by atoms with Gasteiger partial charge in [-0.1, -0.05) is 47.3 Å². The summed E-state index contributed by atoms with van der Waals surface area (Å²) in [6.07, 6.45) is 2.85. The summed E-state index contributed by atoms with van der Waals surface area (Å²) < 4.78 is 6.22. The summed E-state index contributed by atoms with van der Waals surface area (Å²) in [5, 5.41) is 0. The molecule has 1 atom stereocenters. The maximum atomic E-state index is 6.22. The fourth-order valence-corrected chi connectivity index (χ4v) is 5.56. The van der Waals surface area contributed by atoms with Crippen LogP contribution < -0.4 is 0 Å². The first-order valence-electron chi connectivity index (χ1n) is 6.64. The molecule has 1 aliphatic carbocycles. The summed E-state index contributed by atoms with van der Waals surface area (Å²) in [6, 6.07) is 0. The molecule has 102 valence electrons. The number of rotatable bonds is 3. The lowest BCUT2D eigenvalue weighted by Crippen LogP contribution is -2.54. The van der Waals surface area contributed by atoms with Crippen LogP contribution in [0.4, 0.5) is 0 Å². The molecule has 0 spiro atoms. The van der Waals surface area contributed by atoms with Crippen LogP contribution in [0.3, 0.4) is 0 Å². The molecule has 0 aromatic rings. The van der Waals surface area contributed by atoms with Gasteiger partial charge in [-0.05, 0) is 35.5 Å². The molecule has 0 amide bonds. The minimum absolute atomic E-state index is 0.0498. The van der Waals surface area contributed by atoms with Gasteiger partial charge in [-0.15, -0.1) is 6.58 Å². The first kappa shape index (κ1) is 15.5. The van der Waals surface area contributed by atoms with Crippen LogP contribution in [-0.2, 0) is 4.43 Å². The maximum absolute atomic E-state index is 6.22. The highest BCUT2D eigenvalue weighted by Crippen LogP contribution is 2.61. The van der Waals surface area contributed by atoms with Gasteiger partial charge in [0.2, 0.25) is 0 Å². The second-order valence-electron chi connectivity index (χ2n) is 6.84. The second kappa shape index (κ2) is 4.50. The van der Waals surface area contributed by atoms with Crippen molar-refractivity contribution in [3.8, 4) is 0 Å². The highest BCUT2D eigenvalue weighted by Gasteiger charge is 2.59. The van der Waals surface area contributed by atoms with E-state index in [2.05, 4.69) is 54.7 Å². The average Bonchev–Trinajstić information content (AvgIpc) is 2.36. The molecular weight excluding hydrogens is 236 g/mol. The highest BCUT2D eigenvalue weighted by atomic mass is 28.2. The molecule has 0 heterocycles. The van der Waals surface area contributed by atoms with Gasteiger partial charge in [-0.25, -0.2) is 0 Å². The average molecular weight is 264 g/mol. The van der Waals surface area contributed by atoms with E-state index in [9.17, 15) is 0 Å². The Labute approximate surface area is 116 Å². The molecule has 0 saturated carbocycles. The van der Waals surface area contributed by atoms with E-state index in [1.807, 2.05) is 6.08 Å². The number of allylic oxidation sites excluding steroid dienone is 2. The van der Waals surface area contributed by atoms with Gasteiger partial charge in [0.15, 0.2) is 0 Å². The molecule has 0 aromatic heterocycles. The first-order valence-corrected chi connectivity index (χ1v) is 7.45. The van der Waals surface area contributed by atoms with Gasteiger partial charge in [-0.2, -0.15) is 0 Å². The Balaban J connectivity index is 3.59. The third-order valence-corrected chi connectivity index (χ3v) is 5.30. The van der Waals surface area contributed by atoms with E-state index in [-0.39, 0.29) is 16.4 Å². The maximum Gasteiger partial charge on any atom is 0.147 e. The molecule has 18 heavy (non-hydrogen) atoms. The van der Waals surface area contributed by atoms with E-state index in [0.29, 0.717) is 0 Å². The quantitative estimate of drug-likeness (QED) is 0.559. The molecule has 1 rings (SSSR count). The van der Waals surface area contributed by atoms with Crippen LogP contribution in [0.2, 0.25) is 0 Å². The van der Waals surface area contributed by atoms with Crippen molar-refractivity contribution in [3.05, 3.63) is 36.0 Å². The molecule has 0 N–H and O–H groups in total. The zero-order valence-corrected chi connectivity index (χ0v) is 15.1. The van der Waals surface area contributed by atoms with Crippen molar-refractivity contribution in [1.29, 1.82) is 0 Å². The first-order chi connectivity index (χ1) is 8.07. The monoisotopic (exact) mass is 264 g/mol. The molecule has 0 fully saturated rings. The van der Waals surface area contributed by atoms with E-state index in [0.717, 1.165) is 16.9 Å². The summed E-state index contributed by atoms with van der Waals surface area (Å²) in [5.74, 6) is 0. The smallest absolute Gasteiger partial charge is 0.147 e. The summed E-state index contributed by atoms with van der Waals surface area (Å²) in [7, 11) is 0.731. The Morgan fingerprint density at radius 1 is 1.33 bits per heavy atom. The molecule has 2 heteroatoms. The van der Waals surface area contributed by atoms with Gasteiger partial charge in [0.1, 0.15) is 10.5 Å². The number of hydrogen-bond acceptors (Lipinski definition) is 1. The van der Waals surface area contributed by atoms with Crippen molar-refractivity contribution >= 4 is 10.5 Å². The molecular formula is C16H28OSi. The van der Waals surface area contributed by atoms with E-state index >= 15 is 0 Å². The van der Waals surface area contributed by atoms with Gasteiger partial charge in [-0.3, -0.25) is 0 Å². The summed E-state index contributed by atoms with van der Waals surface area (Å²) in [4.78, 5) is 0. The van der Waals surface area contributed by atoms with Crippen LogP contribution in [0.25, 0.3) is 0 Å². The molecule has 0 bridgehead atoms. The Morgan fingerprint density at radius 2 is 1.83 bits per heavy atom. The SMILES string of the molecule is C=CCC1=C(C)C(O[SiH3])(C(C)(C)C)C(C)(C)C1=C. The zero-order valence-electron chi connectivity index (χ0n) is 13.1. The van der Waals surface area contributed by atoms with Gasteiger partial charge >= 0.3 is 0 Å². The molecule has 0 aromatic carbocycles. The molecule has 1 unspecified atom stereocenters. The van der Waals surface area contributed by atoms with E-state index in [1.165, 1.54) is 16.7 Å². The van der Waals surface area contributed by atoms with Crippen molar-refractivity contribution in [2.45, 2.75) is 53.6 Å². The standard InChI is InChI=1S/C16H28OSi/c1-9-10-13-11(2)15(7,8)16(17-18,12(13)3)14(4,5)6/h9H,1-2,10H2,3-8,18H3. The Hall–Kier alpha value is -0.603. The molecule has 0 radical (unpaired) electrons.